The molecule has 1 aliphatic heterocycles. The Morgan fingerprint density at radius 1 is 1.24 bits per heavy atom. The van der Waals surface area contributed by atoms with Crippen molar-refractivity contribution in [3.63, 3.8) is 0 Å². The summed E-state index contributed by atoms with van der Waals surface area (Å²) >= 11 is 0. The maximum Gasteiger partial charge on any atom is 0.317 e. The van der Waals surface area contributed by atoms with Gasteiger partial charge in [-0.15, -0.1) is 0 Å². The third-order valence-corrected chi connectivity index (χ3v) is 4.39. The van der Waals surface area contributed by atoms with Crippen LogP contribution in [0.4, 0.5) is 0 Å². The zero-order chi connectivity index (χ0) is 15.6. The average molecular weight is 289 g/mol. The zero-order valence-corrected chi connectivity index (χ0v) is 13.2. The van der Waals surface area contributed by atoms with Crippen molar-refractivity contribution in [1.82, 2.24) is 4.90 Å². The van der Waals surface area contributed by atoms with E-state index in [0.29, 0.717) is 25.3 Å². The van der Waals surface area contributed by atoms with Crippen LogP contribution in [0.5, 0.6) is 5.75 Å². The molecule has 0 N–H and O–H groups in total. The van der Waals surface area contributed by atoms with Crippen LogP contribution in [-0.2, 0) is 9.59 Å². The first-order valence-corrected chi connectivity index (χ1v) is 7.50. The third-order valence-electron chi connectivity index (χ3n) is 4.39. The topological polar surface area (TPSA) is 46.6 Å². The van der Waals surface area contributed by atoms with E-state index in [-0.39, 0.29) is 17.8 Å². The highest BCUT2D eigenvalue weighted by Gasteiger charge is 2.45. The van der Waals surface area contributed by atoms with Crippen LogP contribution < -0.4 is 4.74 Å². The minimum absolute atomic E-state index is 0.0857. The predicted octanol–water partition coefficient (Wildman–Crippen LogP) is 2.97. The van der Waals surface area contributed by atoms with Crippen LogP contribution in [-0.4, -0.2) is 29.9 Å². The number of amides is 1. The van der Waals surface area contributed by atoms with Crippen LogP contribution >= 0.6 is 0 Å². The smallest absolute Gasteiger partial charge is 0.317 e. The number of esters is 1. The Kier molecular flexibility index (Phi) is 4.35. The van der Waals surface area contributed by atoms with Crippen molar-refractivity contribution in [3.8, 4) is 5.75 Å². The molecule has 4 nitrogen and oxygen atoms in total. The number of hydrogen-bond donors (Lipinski definition) is 0. The van der Waals surface area contributed by atoms with E-state index >= 15 is 0 Å². The van der Waals surface area contributed by atoms with Gasteiger partial charge in [-0.25, -0.2) is 0 Å². The molecule has 114 valence electrons. The standard InChI is InChI=1S/C17H23NO3/c1-5-18(6-2)15(19)11-13-12-9-7-8-10-14(12)21-16(20)17(13,3)4/h7-10,13H,5-6,11H2,1-4H3. The molecule has 1 amide bonds. The Hall–Kier alpha value is -1.84. The highest BCUT2D eigenvalue weighted by molar-refractivity contribution is 5.85. The van der Waals surface area contributed by atoms with Crippen LogP contribution in [0.3, 0.4) is 0 Å². The lowest BCUT2D eigenvalue weighted by Crippen LogP contribution is -2.42. The summed E-state index contributed by atoms with van der Waals surface area (Å²) in [6, 6.07) is 7.50. The highest BCUT2D eigenvalue weighted by atomic mass is 16.5. The molecule has 0 radical (unpaired) electrons. The molecule has 1 heterocycles. The molecule has 0 saturated carbocycles. The molecule has 1 aromatic carbocycles. The van der Waals surface area contributed by atoms with Crippen molar-refractivity contribution >= 4 is 11.9 Å². The van der Waals surface area contributed by atoms with Gasteiger partial charge >= 0.3 is 5.97 Å². The lowest BCUT2D eigenvalue weighted by molar-refractivity contribution is -0.148. The number of para-hydroxylation sites is 1. The van der Waals surface area contributed by atoms with Crippen LogP contribution in [0.25, 0.3) is 0 Å². The fourth-order valence-electron chi connectivity index (χ4n) is 2.87. The number of carbonyl (C=O) groups is 2. The summed E-state index contributed by atoms with van der Waals surface area (Å²) in [6.07, 6.45) is 0.334. The maximum atomic E-state index is 12.5. The molecule has 0 saturated heterocycles. The van der Waals surface area contributed by atoms with E-state index in [1.807, 2.05) is 45.9 Å². The van der Waals surface area contributed by atoms with Crippen LogP contribution in [0.2, 0.25) is 0 Å². The minimum atomic E-state index is -0.697. The van der Waals surface area contributed by atoms with Crippen LogP contribution in [0.15, 0.2) is 24.3 Å². The van der Waals surface area contributed by atoms with Crippen LogP contribution in [0.1, 0.15) is 45.6 Å². The molecular weight excluding hydrogens is 266 g/mol. The lowest BCUT2D eigenvalue weighted by Gasteiger charge is -2.38. The summed E-state index contributed by atoms with van der Waals surface area (Å²) in [5, 5.41) is 0. The molecule has 1 unspecified atom stereocenters. The van der Waals surface area contributed by atoms with E-state index in [4.69, 9.17) is 4.74 Å². The lowest BCUT2D eigenvalue weighted by atomic mass is 9.71. The van der Waals surface area contributed by atoms with Gasteiger partial charge in [0.15, 0.2) is 0 Å². The highest BCUT2D eigenvalue weighted by Crippen LogP contribution is 2.47. The normalized spacial score (nSPS) is 19.6. The van der Waals surface area contributed by atoms with Gasteiger partial charge < -0.3 is 9.64 Å². The number of fused-ring (bicyclic) bond motifs is 1. The third kappa shape index (κ3) is 2.80. The van der Waals surface area contributed by atoms with Crippen molar-refractivity contribution < 1.29 is 14.3 Å². The Labute approximate surface area is 126 Å². The Morgan fingerprint density at radius 2 is 1.86 bits per heavy atom. The summed E-state index contributed by atoms with van der Waals surface area (Å²) in [4.78, 5) is 26.5. The molecule has 0 spiro atoms. The average Bonchev–Trinajstić information content (AvgIpc) is 2.45. The second-order valence-electron chi connectivity index (χ2n) is 5.97. The molecular formula is C17H23NO3. The van der Waals surface area contributed by atoms with Gasteiger partial charge in [-0.3, -0.25) is 9.59 Å². The maximum absolute atomic E-state index is 12.5. The molecule has 0 aromatic heterocycles. The van der Waals surface area contributed by atoms with Gasteiger partial charge in [0.25, 0.3) is 0 Å². The van der Waals surface area contributed by atoms with Gasteiger partial charge in [0, 0.05) is 25.4 Å². The molecule has 4 heteroatoms. The second-order valence-corrected chi connectivity index (χ2v) is 5.97. The van der Waals surface area contributed by atoms with Crippen molar-refractivity contribution in [2.45, 2.75) is 40.0 Å². The van der Waals surface area contributed by atoms with E-state index < -0.39 is 5.41 Å². The fourth-order valence-corrected chi connectivity index (χ4v) is 2.87. The molecule has 0 aliphatic carbocycles. The number of benzene rings is 1. The molecule has 0 bridgehead atoms. The first-order chi connectivity index (χ1) is 9.91. The largest absolute Gasteiger partial charge is 0.426 e. The van der Waals surface area contributed by atoms with Gasteiger partial charge in [0.1, 0.15) is 5.75 Å². The van der Waals surface area contributed by atoms with Crippen molar-refractivity contribution in [3.05, 3.63) is 29.8 Å². The summed E-state index contributed by atoms with van der Waals surface area (Å²) in [5.74, 6) is 0.253. The van der Waals surface area contributed by atoms with Gasteiger partial charge in [0.05, 0.1) is 5.41 Å². The summed E-state index contributed by atoms with van der Waals surface area (Å²) < 4.78 is 5.41. The van der Waals surface area contributed by atoms with E-state index in [2.05, 4.69) is 0 Å². The van der Waals surface area contributed by atoms with E-state index in [1.54, 1.807) is 11.0 Å². The van der Waals surface area contributed by atoms with Gasteiger partial charge in [-0.1, -0.05) is 18.2 Å². The summed E-state index contributed by atoms with van der Waals surface area (Å²) in [5.41, 5.74) is 0.250. The molecule has 2 rings (SSSR count). The Bertz CT molecular complexity index is 547. The zero-order valence-electron chi connectivity index (χ0n) is 13.2. The van der Waals surface area contributed by atoms with E-state index in [0.717, 1.165) is 5.56 Å². The summed E-state index contributed by atoms with van der Waals surface area (Å²) in [7, 11) is 0. The number of rotatable bonds is 4. The molecule has 1 aromatic rings. The van der Waals surface area contributed by atoms with E-state index in [1.165, 1.54) is 0 Å². The molecule has 1 atom stereocenters. The van der Waals surface area contributed by atoms with Crippen molar-refractivity contribution in [1.29, 1.82) is 0 Å². The number of carbonyl (C=O) groups excluding carboxylic acids is 2. The van der Waals surface area contributed by atoms with Crippen molar-refractivity contribution in [2.75, 3.05) is 13.1 Å². The Morgan fingerprint density at radius 3 is 2.48 bits per heavy atom. The van der Waals surface area contributed by atoms with Crippen LogP contribution in [0, 0.1) is 5.41 Å². The summed E-state index contributed by atoms with van der Waals surface area (Å²) in [6.45, 7) is 9.02. The Balaban J connectivity index is 2.35. The number of nitrogens with zero attached hydrogens (tertiary/aromatic N) is 1. The van der Waals surface area contributed by atoms with Gasteiger partial charge in [-0.2, -0.15) is 0 Å². The molecule has 21 heavy (non-hydrogen) atoms. The second kappa shape index (κ2) is 5.88. The van der Waals surface area contributed by atoms with Gasteiger partial charge in [0.2, 0.25) is 5.91 Å². The monoisotopic (exact) mass is 289 g/mol. The molecule has 1 aliphatic rings. The quantitative estimate of drug-likeness (QED) is 0.632. The van der Waals surface area contributed by atoms with E-state index in [9.17, 15) is 9.59 Å². The molecule has 0 fully saturated rings. The number of ether oxygens (including phenoxy) is 1. The fraction of sp³-hybridized carbons (Fsp3) is 0.529. The first kappa shape index (κ1) is 15.5. The SMILES string of the molecule is CCN(CC)C(=O)CC1c2ccccc2OC(=O)C1(C)C. The minimum Gasteiger partial charge on any atom is -0.426 e. The van der Waals surface area contributed by atoms with Gasteiger partial charge in [-0.05, 0) is 39.3 Å². The van der Waals surface area contributed by atoms with Crippen molar-refractivity contribution in [2.24, 2.45) is 5.41 Å². The first-order valence-electron chi connectivity index (χ1n) is 7.50. The number of hydrogen-bond acceptors (Lipinski definition) is 3. The predicted molar refractivity (Wildman–Crippen MR) is 81.1 cm³/mol.